The Morgan fingerprint density at radius 2 is 1.84 bits per heavy atom. The molecule has 0 amide bonds. The van der Waals surface area contributed by atoms with Gasteiger partial charge in [0.25, 0.3) is 0 Å². The van der Waals surface area contributed by atoms with Crippen LogP contribution in [0.25, 0.3) is 0 Å². The number of ether oxygens (including phenoxy) is 2. The van der Waals surface area contributed by atoms with E-state index in [4.69, 9.17) is 4.74 Å². The summed E-state index contributed by atoms with van der Waals surface area (Å²) in [5, 5.41) is 9.92. The van der Waals surface area contributed by atoms with Crippen LogP contribution in [-0.4, -0.2) is 18.2 Å². The van der Waals surface area contributed by atoms with E-state index in [2.05, 4.69) is 4.74 Å². The summed E-state index contributed by atoms with van der Waals surface area (Å²) in [5.74, 6) is -0.0427. The van der Waals surface area contributed by atoms with Crippen molar-refractivity contribution in [2.45, 2.75) is 6.29 Å². The summed E-state index contributed by atoms with van der Waals surface area (Å²) in [6.45, 7) is 0. The van der Waals surface area contributed by atoms with Crippen molar-refractivity contribution in [3.63, 3.8) is 0 Å². The lowest BCUT2D eigenvalue weighted by Gasteiger charge is -2.14. The summed E-state index contributed by atoms with van der Waals surface area (Å²) in [6.07, 6.45) is -1.07. The Kier molecular flexibility index (Phi) is 4.15. The van der Waals surface area contributed by atoms with Crippen LogP contribution in [0.4, 0.5) is 0 Å². The number of aliphatic hydroxyl groups excluding tert-OH is 1. The zero-order chi connectivity index (χ0) is 13.7. The lowest BCUT2D eigenvalue weighted by atomic mass is 10.2. The van der Waals surface area contributed by atoms with E-state index in [1.807, 2.05) is 18.2 Å². The number of carbonyl (C=O) groups is 1. The van der Waals surface area contributed by atoms with Crippen LogP contribution in [0.1, 0.15) is 22.2 Å². The number of carbonyl (C=O) groups excluding carboxylic acids is 1. The predicted octanol–water partition coefficient (Wildman–Crippen LogP) is 2.54. The Morgan fingerprint density at radius 1 is 1.11 bits per heavy atom. The minimum Gasteiger partial charge on any atom is -0.465 e. The van der Waals surface area contributed by atoms with Crippen LogP contribution in [0.3, 0.4) is 0 Å². The van der Waals surface area contributed by atoms with Gasteiger partial charge in [0.2, 0.25) is 6.29 Å². The first-order valence-electron chi connectivity index (χ1n) is 5.79. The van der Waals surface area contributed by atoms with Gasteiger partial charge in [-0.25, -0.2) is 4.79 Å². The summed E-state index contributed by atoms with van der Waals surface area (Å²) in [4.78, 5) is 11.4. The normalized spacial score (nSPS) is 11.7. The van der Waals surface area contributed by atoms with Crippen LogP contribution in [0, 0.1) is 0 Å². The molecule has 1 N–H and O–H groups in total. The predicted molar refractivity (Wildman–Crippen MR) is 69.8 cm³/mol. The molecule has 0 fully saturated rings. The van der Waals surface area contributed by atoms with Crippen LogP contribution in [0.5, 0.6) is 5.75 Å². The highest BCUT2D eigenvalue weighted by atomic mass is 16.6. The van der Waals surface area contributed by atoms with Gasteiger partial charge in [-0.3, -0.25) is 0 Å². The first kappa shape index (κ1) is 13.1. The zero-order valence-electron chi connectivity index (χ0n) is 10.4. The van der Waals surface area contributed by atoms with Gasteiger partial charge >= 0.3 is 5.97 Å². The fourth-order valence-electron chi connectivity index (χ4n) is 1.63. The Balaban J connectivity index is 2.13. The van der Waals surface area contributed by atoms with Crippen LogP contribution in [-0.2, 0) is 4.74 Å². The van der Waals surface area contributed by atoms with Crippen LogP contribution in [0.2, 0.25) is 0 Å². The summed E-state index contributed by atoms with van der Waals surface area (Å²) in [5.41, 5.74) is 1.02. The molecule has 0 aliphatic carbocycles. The summed E-state index contributed by atoms with van der Waals surface area (Å²) in [7, 11) is 1.31. The molecule has 0 aliphatic rings. The molecule has 2 rings (SSSR count). The van der Waals surface area contributed by atoms with Gasteiger partial charge in [0.1, 0.15) is 5.75 Å². The number of methoxy groups -OCH3 is 1. The molecule has 0 spiro atoms. The molecular formula is C15H14O4. The monoisotopic (exact) mass is 258 g/mol. The van der Waals surface area contributed by atoms with Crippen molar-refractivity contribution >= 4 is 5.97 Å². The highest BCUT2D eigenvalue weighted by Gasteiger charge is 2.11. The van der Waals surface area contributed by atoms with E-state index in [-0.39, 0.29) is 0 Å². The SMILES string of the molecule is COC(=O)c1cccc(OC(O)c2ccccc2)c1. The van der Waals surface area contributed by atoms with Crippen molar-refractivity contribution in [1.29, 1.82) is 0 Å². The smallest absolute Gasteiger partial charge is 0.337 e. The fourth-order valence-corrected chi connectivity index (χ4v) is 1.63. The maximum atomic E-state index is 11.4. The molecule has 4 nitrogen and oxygen atoms in total. The number of benzene rings is 2. The molecule has 98 valence electrons. The number of esters is 1. The van der Waals surface area contributed by atoms with E-state index >= 15 is 0 Å². The van der Waals surface area contributed by atoms with E-state index in [1.54, 1.807) is 30.3 Å². The van der Waals surface area contributed by atoms with Gasteiger partial charge in [-0.15, -0.1) is 0 Å². The Morgan fingerprint density at radius 3 is 2.53 bits per heavy atom. The molecule has 0 saturated heterocycles. The minimum atomic E-state index is -1.07. The molecule has 1 atom stereocenters. The molecule has 2 aromatic rings. The van der Waals surface area contributed by atoms with Gasteiger partial charge < -0.3 is 14.6 Å². The number of aliphatic hydroxyl groups is 1. The molecule has 0 aliphatic heterocycles. The van der Waals surface area contributed by atoms with Gasteiger partial charge in [0.15, 0.2) is 0 Å². The quantitative estimate of drug-likeness (QED) is 0.676. The molecule has 0 bridgehead atoms. The number of hydrogen-bond acceptors (Lipinski definition) is 4. The van der Waals surface area contributed by atoms with Gasteiger partial charge in [-0.1, -0.05) is 36.4 Å². The average Bonchev–Trinajstić information content (AvgIpc) is 2.47. The maximum absolute atomic E-state index is 11.4. The average molecular weight is 258 g/mol. The lowest BCUT2D eigenvalue weighted by molar-refractivity contribution is -0.0195. The molecule has 0 radical (unpaired) electrons. The van der Waals surface area contributed by atoms with E-state index in [0.717, 1.165) is 0 Å². The minimum absolute atomic E-state index is 0.375. The van der Waals surface area contributed by atoms with E-state index in [1.165, 1.54) is 13.2 Å². The molecule has 1 unspecified atom stereocenters. The highest BCUT2D eigenvalue weighted by Crippen LogP contribution is 2.21. The molecule has 19 heavy (non-hydrogen) atoms. The Bertz CT molecular complexity index is 551. The number of rotatable bonds is 4. The van der Waals surface area contributed by atoms with Gasteiger partial charge in [0, 0.05) is 5.56 Å². The highest BCUT2D eigenvalue weighted by molar-refractivity contribution is 5.89. The van der Waals surface area contributed by atoms with Crippen LogP contribution >= 0.6 is 0 Å². The fraction of sp³-hybridized carbons (Fsp3) is 0.133. The van der Waals surface area contributed by atoms with Crippen LogP contribution in [0.15, 0.2) is 54.6 Å². The first-order chi connectivity index (χ1) is 9.20. The lowest BCUT2D eigenvalue weighted by Crippen LogP contribution is -2.07. The van der Waals surface area contributed by atoms with E-state index < -0.39 is 12.3 Å². The summed E-state index contributed by atoms with van der Waals surface area (Å²) in [6, 6.07) is 15.5. The second-order valence-corrected chi connectivity index (χ2v) is 3.90. The van der Waals surface area contributed by atoms with Crippen molar-refractivity contribution in [2.75, 3.05) is 7.11 Å². The Hall–Kier alpha value is -2.33. The van der Waals surface area contributed by atoms with Crippen molar-refractivity contribution < 1.29 is 19.4 Å². The maximum Gasteiger partial charge on any atom is 0.337 e. The van der Waals surface area contributed by atoms with Crippen molar-refractivity contribution in [2.24, 2.45) is 0 Å². The molecule has 0 aromatic heterocycles. The molecule has 0 saturated carbocycles. The van der Waals surface area contributed by atoms with Gasteiger partial charge in [-0.05, 0) is 18.2 Å². The number of hydrogen-bond donors (Lipinski definition) is 1. The summed E-state index contributed by atoms with van der Waals surface area (Å²) >= 11 is 0. The second-order valence-electron chi connectivity index (χ2n) is 3.90. The standard InChI is InChI=1S/C15H14O4/c1-18-14(16)12-8-5-9-13(10-12)19-15(17)11-6-3-2-4-7-11/h2-10,15,17H,1H3. The third kappa shape index (κ3) is 3.33. The molecule has 0 heterocycles. The third-order valence-electron chi connectivity index (χ3n) is 2.59. The van der Waals surface area contributed by atoms with E-state index in [0.29, 0.717) is 16.9 Å². The van der Waals surface area contributed by atoms with Crippen molar-refractivity contribution in [3.05, 3.63) is 65.7 Å². The molecule has 4 heteroatoms. The van der Waals surface area contributed by atoms with Crippen LogP contribution < -0.4 is 4.74 Å². The molecule has 2 aromatic carbocycles. The molecular weight excluding hydrogens is 244 g/mol. The summed E-state index contributed by atoms with van der Waals surface area (Å²) < 4.78 is 10.0. The largest absolute Gasteiger partial charge is 0.465 e. The topological polar surface area (TPSA) is 55.8 Å². The van der Waals surface area contributed by atoms with E-state index in [9.17, 15) is 9.90 Å². The second kappa shape index (κ2) is 6.02. The zero-order valence-corrected chi connectivity index (χ0v) is 10.4. The van der Waals surface area contributed by atoms with Crippen molar-refractivity contribution in [1.82, 2.24) is 0 Å². The van der Waals surface area contributed by atoms with Crippen molar-refractivity contribution in [3.8, 4) is 5.75 Å². The Labute approximate surface area is 111 Å². The van der Waals surface area contributed by atoms with Gasteiger partial charge in [-0.2, -0.15) is 0 Å². The first-order valence-corrected chi connectivity index (χ1v) is 5.79. The van der Waals surface area contributed by atoms with Gasteiger partial charge in [0.05, 0.1) is 12.7 Å². The third-order valence-corrected chi connectivity index (χ3v) is 2.59.